The number of ether oxygens (including phenoxy) is 5. The number of nitrogen functional groups attached to an aromatic ring is 4. The second-order valence-electron chi connectivity index (χ2n) is 20.5. The van der Waals surface area contributed by atoms with Crippen molar-refractivity contribution < 1.29 is 104 Å². The van der Waals surface area contributed by atoms with Gasteiger partial charge in [0.05, 0.1) is 59.8 Å². The van der Waals surface area contributed by atoms with Gasteiger partial charge in [-0.05, 0) is 222 Å². The molecule has 31 heteroatoms. The first-order valence-electron chi connectivity index (χ1n) is 31.9. The van der Waals surface area contributed by atoms with Gasteiger partial charge in [-0.25, -0.2) is 45.5 Å². The van der Waals surface area contributed by atoms with E-state index in [9.17, 15) is 41.1 Å². The fourth-order valence-corrected chi connectivity index (χ4v) is 12.1. The van der Waals surface area contributed by atoms with E-state index in [1.807, 2.05) is 124 Å². The summed E-state index contributed by atoms with van der Waals surface area (Å²) in [7, 11) is 2.20. The van der Waals surface area contributed by atoms with Crippen LogP contribution in [0.3, 0.4) is 0 Å². The van der Waals surface area contributed by atoms with Gasteiger partial charge in [0.2, 0.25) is 0 Å². The molecule has 9 aromatic carbocycles. The first kappa shape index (κ1) is 103. The van der Waals surface area contributed by atoms with Crippen LogP contribution in [0.25, 0.3) is 18.2 Å². The van der Waals surface area contributed by atoms with Crippen molar-refractivity contribution in [2.24, 2.45) is 0 Å². The second-order valence-corrected chi connectivity index (χ2v) is 27.6. The fraction of sp³-hybridized carbons (Fsp3) is 0.165. The van der Waals surface area contributed by atoms with Crippen molar-refractivity contribution >= 4 is 218 Å². The quantitative estimate of drug-likeness (QED) is 0.00374. The van der Waals surface area contributed by atoms with Gasteiger partial charge in [-0.3, -0.25) is 0 Å². The minimum atomic E-state index is -0.586. The Balaban J connectivity index is 0.00000135. The van der Waals surface area contributed by atoms with Crippen molar-refractivity contribution in [2.45, 2.75) is 54.7 Å². The number of thiol groups is 1. The van der Waals surface area contributed by atoms with Gasteiger partial charge in [0.1, 0.15) is 34.8 Å². The number of thioether (sulfide) groups is 2. The van der Waals surface area contributed by atoms with E-state index in [0.29, 0.717) is 72.5 Å². The predicted octanol–water partition coefficient (Wildman–Crippen LogP) is 18.4. The molecule has 9 aromatic rings. The number of benzene rings is 9. The van der Waals surface area contributed by atoms with E-state index in [-0.39, 0.29) is 112 Å². The molecule has 0 aliphatic carbocycles. The number of hydrogen-bond acceptors (Lipinski definition) is 18. The molecule has 0 unspecified atom stereocenters. The molecule has 0 aromatic heterocycles. The molecule has 0 spiro atoms. The van der Waals surface area contributed by atoms with Crippen LogP contribution in [0.1, 0.15) is 61.1 Å². The van der Waals surface area contributed by atoms with Gasteiger partial charge in [0.15, 0.2) is 5.82 Å². The van der Waals surface area contributed by atoms with E-state index in [0.717, 1.165) is 42.2 Å². The van der Waals surface area contributed by atoms with Crippen LogP contribution in [0.2, 0.25) is 0 Å². The maximum absolute atomic E-state index is 15.5. The van der Waals surface area contributed by atoms with Crippen molar-refractivity contribution in [3.8, 4) is 5.75 Å². The molecule has 0 bridgehead atoms. The number of esters is 4. The zero-order chi connectivity index (χ0) is 80.7. The molecule has 0 fully saturated rings. The van der Waals surface area contributed by atoms with Crippen molar-refractivity contribution in [3.05, 3.63) is 290 Å². The third kappa shape index (κ3) is 38.8. The number of halogens is 12. The van der Waals surface area contributed by atoms with Gasteiger partial charge in [0.25, 0.3) is 0 Å². The fourth-order valence-electron chi connectivity index (χ4n) is 7.86. The van der Waals surface area contributed by atoms with E-state index in [2.05, 4.69) is 93.9 Å². The maximum atomic E-state index is 15.5. The van der Waals surface area contributed by atoms with Crippen molar-refractivity contribution in [3.63, 3.8) is 0 Å². The number of rotatable bonds is 21. The topological polar surface area (TPSA) is 254 Å². The number of hydrogen-bond donors (Lipinski definition) is 6. The summed E-state index contributed by atoms with van der Waals surface area (Å²) in [5.74, 6) is -2.03. The standard InChI is InChI=1S/C25H22BrF2NO3S.C18H18FNO2S.C11H11BrFNO2.C7H8S.C6H4BrFIN.C6H5FIN.C5H8O2.CH3O.ClH.Na/c1-3-32-24(30)12-9-17-20(29-21-14-19(27)18(26)13-22(21)31-2)10-11-23(25(17)28)33-15-16-7-5-4-6-8-16;1-2-22-17(21)11-8-14-15(20)9-10-16(18(14)19)23-12-13-6-4-3-5-7-13;1-2-16-10(15)6-3-7-9(14)5-4-8(12)11(7)13;8-6-7-4-2-1-3-5-7;7-3-1-2-4(10)6(9)5(3)8;7-4-2-1-3-5(9)6(4)8;1-3-5(6)7-4-2;1-2;;/h4-14,29H,3,15H2,1-2H3;3-11H,2,12,20H2,1H3;3-6H,2,14H2,1H3;1-5,8H,6H2;1-2H,10H2;1-3H,9H2;3H,1,4H2,2H3;1H3;1H;/q;;;;;;;-1;;+1/b12-9+;11-8+;6-3+;;;;;;;. The predicted molar refractivity (Wildman–Crippen MR) is 463 cm³/mol. The molecule has 584 valence electrons. The Kier molecular flexibility index (Phi) is 55.6. The molecule has 9 N–H and O–H groups in total. The first-order chi connectivity index (χ1) is 51.7. The number of anilines is 6. The average molecular weight is 2020 g/mol. The molecule has 0 radical (unpaired) electrons. The smallest absolute Gasteiger partial charge is 0.857 e. The van der Waals surface area contributed by atoms with Gasteiger partial charge in [-0.15, -0.1) is 35.9 Å². The summed E-state index contributed by atoms with van der Waals surface area (Å²) < 4.78 is 109. The minimum Gasteiger partial charge on any atom is -0.857 e. The van der Waals surface area contributed by atoms with Crippen molar-refractivity contribution in [1.82, 2.24) is 0 Å². The molecule has 9 rings (SSSR count). The van der Waals surface area contributed by atoms with Crippen LogP contribution < -0.4 is 67.7 Å². The van der Waals surface area contributed by atoms with Crippen molar-refractivity contribution in [2.75, 3.05) is 68.9 Å². The summed E-state index contributed by atoms with van der Waals surface area (Å²) in [4.78, 5) is 45.2. The number of methoxy groups -OCH3 is 1. The zero-order valence-corrected chi connectivity index (χ0v) is 75.0. The largest absolute Gasteiger partial charge is 1.00 e. The third-order valence-corrected chi connectivity index (χ3v) is 19.7. The Morgan fingerprint density at radius 2 is 0.873 bits per heavy atom. The van der Waals surface area contributed by atoms with Crippen LogP contribution >= 0.6 is 142 Å². The number of nitrogens with two attached hydrogens (primary N) is 4. The normalized spacial score (nSPS) is 9.99. The molecular formula is C79H80Br3ClF6I2N5NaO10S3. The molecule has 15 nitrogen and oxygen atoms in total. The van der Waals surface area contributed by atoms with E-state index < -0.39 is 41.2 Å². The van der Waals surface area contributed by atoms with Crippen LogP contribution in [-0.2, 0) is 55.4 Å². The Bertz CT molecular complexity index is 4390. The monoisotopic (exact) mass is 2020 g/mol. The van der Waals surface area contributed by atoms with Gasteiger partial charge >= 0.3 is 53.4 Å². The Morgan fingerprint density at radius 3 is 1.27 bits per heavy atom. The number of carbonyl (C=O) groups excluding carboxylic acids is 4. The van der Waals surface area contributed by atoms with Crippen LogP contribution in [0.4, 0.5) is 60.5 Å². The summed E-state index contributed by atoms with van der Waals surface area (Å²) in [6, 6.07) is 50.0. The van der Waals surface area contributed by atoms with E-state index >= 15 is 4.39 Å². The molecule has 0 amide bonds. The summed E-state index contributed by atoms with van der Waals surface area (Å²) >= 11 is 19.8. The van der Waals surface area contributed by atoms with Crippen LogP contribution in [0, 0.1) is 42.0 Å². The molecule has 0 heterocycles. The molecule has 0 aliphatic rings. The summed E-state index contributed by atoms with van der Waals surface area (Å²) in [6.07, 6.45) is 8.64. The van der Waals surface area contributed by atoms with Gasteiger partial charge < -0.3 is 57.0 Å². The molecule has 0 aliphatic heterocycles. The number of nitrogens with one attached hydrogen (secondary N) is 1. The van der Waals surface area contributed by atoms with E-state index in [1.165, 1.54) is 84.8 Å². The Morgan fingerprint density at radius 1 is 0.482 bits per heavy atom. The van der Waals surface area contributed by atoms with Crippen LogP contribution in [0.5, 0.6) is 5.75 Å². The summed E-state index contributed by atoms with van der Waals surface area (Å²) in [5, 5.41) is 11.3. The summed E-state index contributed by atoms with van der Waals surface area (Å²) in [6.45, 7) is 11.2. The number of carbonyl (C=O) groups is 4. The van der Waals surface area contributed by atoms with Gasteiger partial charge in [0, 0.05) is 103 Å². The molecule has 0 atom stereocenters. The van der Waals surface area contributed by atoms with Crippen molar-refractivity contribution in [1.29, 1.82) is 0 Å². The zero-order valence-electron chi connectivity index (χ0n) is 60.6. The minimum absolute atomic E-state index is 0. The Hall–Kier alpha value is -6.60. The SMILES string of the molecule is C=CC(=O)OCC.CCOC(=O)/C=C/c1c(N)ccc(Br)c1F.CCOC(=O)/C=C/c1c(N)ccc(SCc2ccccc2)c1F.CCOC(=O)/C=C/c1c(Nc2cc(F)c(Br)cc2OC)ccc(SCc2ccccc2)c1F.C[O-].Cl.Nc1ccc(Br)c(F)c1I.Nc1cccc(F)c1I.SCc1ccccc1.[Na+]. The van der Waals surface area contributed by atoms with Gasteiger partial charge in [-0.2, -0.15) is 19.7 Å². The first-order valence-corrected chi connectivity index (χ1v) is 39.1. The molecular weight excluding hydrogens is 1940 g/mol. The maximum Gasteiger partial charge on any atom is 1.00 e. The second kappa shape index (κ2) is 59.2. The Labute approximate surface area is 732 Å². The van der Waals surface area contributed by atoms with Gasteiger partial charge in [-0.1, -0.05) is 104 Å². The van der Waals surface area contributed by atoms with E-state index in [1.54, 1.807) is 82.3 Å². The average Bonchev–Trinajstić information content (AvgIpc) is 0.814. The third-order valence-electron chi connectivity index (χ3n) is 13.0. The molecule has 0 saturated carbocycles. The summed E-state index contributed by atoms with van der Waals surface area (Å²) in [5.41, 5.74) is 28.3. The van der Waals surface area contributed by atoms with Crippen LogP contribution in [-0.4, -0.2) is 64.5 Å². The molecule has 0 saturated heterocycles. The van der Waals surface area contributed by atoms with E-state index in [4.69, 9.17) is 42.3 Å². The van der Waals surface area contributed by atoms with Crippen LogP contribution in [0.15, 0.2) is 224 Å². The molecule has 110 heavy (non-hydrogen) atoms.